The van der Waals surface area contributed by atoms with Gasteiger partial charge in [-0.05, 0) is 24.3 Å². The van der Waals surface area contributed by atoms with Crippen LogP contribution in [0.15, 0.2) is 54.6 Å². The van der Waals surface area contributed by atoms with E-state index in [2.05, 4.69) is 4.98 Å². The summed E-state index contributed by atoms with van der Waals surface area (Å²) in [7, 11) is 0. The fraction of sp³-hybridized carbons (Fsp3) is 0.125. The van der Waals surface area contributed by atoms with Crippen molar-refractivity contribution in [1.29, 1.82) is 0 Å². The molecule has 1 aromatic heterocycles. The highest BCUT2D eigenvalue weighted by molar-refractivity contribution is 7.80. The van der Waals surface area contributed by atoms with Crippen LogP contribution >= 0.6 is 12.2 Å². The minimum atomic E-state index is 0.376. The van der Waals surface area contributed by atoms with Crippen LogP contribution in [0, 0.1) is 0 Å². The fourth-order valence-corrected chi connectivity index (χ4v) is 2.36. The van der Waals surface area contributed by atoms with Crippen LogP contribution in [0.3, 0.4) is 0 Å². The van der Waals surface area contributed by atoms with Crippen LogP contribution in [0.4, 0.5) is 0 Å². The van der Waals surface area contributed by atoms with Gasteiger partial charge < -0.3 is 15.0 Å². The average molecular weight is 297 g/mol. The highest BCUT2D eigenvalue weighted by Gasteiger charge is 2.11. The maximum atomic E-state index is 5.78. The molecule has 0 saturated heterocycles. The van der Waals surface area contributed by atoms with Gasteiger partial charge in [0, 0.05) is 0 Å². The minimum absolute atomic E-state index is 0.376. The van der Waals surface area contributed by atoms with Gasteiger partial charge in [-0.2, -0.15) is 0 Å². The number of para-hydroxylation sites is 3. The molecule has 0 aliphatic rings. The molecule has 0 aliphatic heterocycles. The summed E-state index contributed by atoms with van der Waals surface area (Å²) in [5, 5.41) is 0. The molecule has 0 spiro atoms. The van der Waals surface area contributed by atoms with E-state index in [0.29, 0.717) is 18.1 Å². The second-order valence-corrected chi connectivity index (χ2v) is 5.20. The van der Waals surface area contributed by atoms with Crippen molar-refractivity contribution in [2.24, 2.45) is 5.73 Å². The molecule has 5 heteroatoms. The standard InChI is InChI=1S/C16H15N3OS/c17-15(21)10-19-14-9-5-4-8-13(14)18-16(19)11-20-12-6-2-1-3-7-12/h1-9H,10-11H2,(H2,17,21). The maximum Gasteiger partial charge on any atom is 0.148 e. The minimum Gasteiger partial charge on any atom is -0.486 e. The van der Waals surface area contributed by atoms with Gasteiger partial charge in [-0.15, -0.1) is 0 Å². The molecule has 0 saturated carbocycles. The van der Waals surface area contributed by atoms with Crippen LogP contribution in [0.2, 0.25) is 0 Å². The predicted octanol–water partition coefficient (Wildman–Crippen LogP) is 2.90. The Hall–Kier alpha value is -2.40. The molecule has 0 aliphatic carbocycles. The van der Waals surface area contributed by atoms with Crippen molar-refractivity contribution in [1.82, 2.24) is 9.55 Å². The summed E-state index contributed by atoms with van der Waals surface area (Å²) in [4.78, 5) is 5.03. The van der Waals surface area contributed by atoms with Gasteiger partial charge in [0.25, 0.3) is 0 Å². The average Bonchev–Trinajstić information content (AvgIpc) is 2.84. The molecule has 21 heavy (non-hydrogen) atoms. The zero-order valence-electron chi connectivity index (χ0n) is 11.4. The first-order chi connectivity index (χ1) is 10.2. The number of benzene rings is 2. The van der Waals surface area contributed by atoms with E-state index in [9.17, 15) is 0 Å². The lowest BCUT2D eigenvalue weighted by atomic mass is 10.3. The van der Waals surface area contributed by atoms with E-state index in [1.165, 1.54) is 0 Å². The van der Waals surface area contributed by atoms with Gasteiger partial charge in [-0.1, -0.05) is 42.5 Å². The van der Waals surface area contributed by atoms with Crippen LogP contribution < -0.4 is 10.5 Å². The van der Waals surface area contributed by atoms with E-state index in [0.717, 1.165) is 22.6 Å². The molecule has 1 heterocycles. The molecule has 0 fully saturated rings. The van der Waals surface area contributed by atoms with Gasteiger partial charge in [-0.25, -0.2) is 4.98 Å². The number of aromatic nitrogens is 2. The molecule has 0 bridgehead atoms. The zero-order chi connectivity index (χ0) is 14.7. The van der Waals surface area contributed by atoms with E-state index in [1.54, 1.807) is 0 Å². The third-order valence-electron chi connectivity index (χ3n) is 3.16. The summed E-state index contributed by atoms with van der Waals surface area (Å²) < 4.78 is 7.78. The number of rotatable bonds is 5. The first-order valence-corrected chi connectivity index (χ1v) is 7.05. The van der Waals surface area contributed by atoms with E-state index < -0.39 is 0 Å². The van der Waals surface area contributed by atoms with Crippen molar-refractivity contribution >= 4 is 28.2 Å². The topological polar surface area (TPSA) is 53.1 Å². The second kappa shape index (κ2) is 5.93. The lowest BCUT2D eigenvalue weighted by Crippen LogP contribution is -2.19. The van der Waals surface area contributed by atoms with Gasteiger partial charge in [0.05, 0.1) is 22.6 Å². The molecule has 4 nitrogen and oxygen atoms in total. The number of thiocarbonyl (C=S) groups is 1. The highest BCUT2D eigenvalue weighted by Crippen LogP contribution is 2.18. The van der Waals surface area contributed by atoms with Crippen molar-refractivity contribution < 1.29 is 4.74 Å². The van der Waals surface area contributed by atoms with Gasteiger partial charge in [-0.3, -0.25) is 0 Å². The smallest absolute Gasteiger partial charge is 0.148 e. The predicted molar refractivity (Wildman–Crippen MR) is 87.3 cm³/mol. The molecule has 3 rings (SSSR count). The quantitative estimate of drug-likeness (QED) is 0.736. The van der Waals surface area contributed by atoms with Crippen molar-refractivity contribution in [2.75, 3.05) is 0 Å². The van der Waals surface area contributed by atoms with Crippen LogP contribution in [0.25, 0.3) is 11.0 Å². The van der Waals surface area contributed by atoms with E-state index in [4.69, 9.17) is 22.7 Å². The van der Waals surface area contributed by atoms with Gasteiger partial charge in [0.15, 0.2) is 0 Å². The normalized spacial score (nSPS) is 10.7. The lowest BCUT2D eigenvalue weighted by Gasteiger charge is -2.09. The molecule has 0 atom stereocenters. The molecular weight excluding hydrogens is 282 g/mol. The van der Waals surface area contributed by atoms with Crippen LogP contribution in [-0.4, -0.2) is 14.5 Å². The second-order valence-electron chi connectivity index (χ2n) is 4.67. The number of ether oxygens (including phenoxy) is 1. The monoisotopic (exact) mass is 297 g/mol. The fourth-order valence-electron chi connectivity index (χ4n) is 2.23. The summed E-state index contributed by atoms with van der Waals surface area (Å²) in [6, 6.07) is 17.6. The molecule has 0 unspecified atom stereocenters. The number of nitrogens with zero attached hydrogens (tertiary/aromatic N) is 2. The van der Waals surface area contributed by atoms with Crippen LogP contribution in [0.1, 0.15) is 5.82 Å². The summed E-state index contributed by atoms with van der Waals surface area (Å²) >= 11 is 5.03. The van der Waals surface area contributed by atoms with Crippen LogP contribution in [-0.2, 0) is 13.2 Å². The van der Waals surface area contributed by atoms with E-state index >= 15 is 0 Å². The largest absolute Gasteiger partial charge is 0.486 e. The maximum absolute atomic E-state index is 5.78. The van der Waals surface area contributed by atoms with Gasteiger partial charge in [0.2, 0.25) is 0 Å². The Labute approximate surface area is 128 Å². The zero-order valence-corrected chi connectivity index (χ0v) is 12.2. The number of fused-ring (bicyclic) bond motifs is 1. The van der Waals surface area contributed by atoms with E-state index in [-0.39, 0.29) is 0 Å². The molecular formula is C16H15N3OS. The first-order valence-electron chi connectivity index (χ1n) is 6.64. The Morgan fingerprint density at radius 2 is 1.81 bits per heavy atom. The number of hydrogen-bond donors (Lipinski definition) is 1. The molecule has 0 radical (unpaired) electrons. The molecule has 2 N–H and O–H groups in total. The summed E-state index contributed by atoms with van der Waals surface area (Å²) in [6.07, 6.45) is 0. The van der Waals surface area contributed by atoms with Gasteiger partial charge in [0.1, 0.15) is 18.2 Å². The van der Waals surface area contributed by atoms with Crippen molar-refractivity contribution in [3.63, 3.8) is 0 Å². The Morgan fingerprint density at radius 3 is 2.57 bits per heavy atom. The molecule has 3 aromatic rings. The van der Waals surface area contributed by atoms with Crippen LogP contribution in [0.5, 0.6) is 5.75 Å². The third-order valence-corrected chi connectivity index (χ3v) is 3.29. The van der Waals surface area contributed by atoms with Gasteiger partial charge >= 0.3 is 0 Å². The summed E-state index contributed by atoms with van der Waals surface area (Å²) in [5.74, 6) is 1.62. The number of nitrogens with two attached hydrogens (primary N) is 1. The third kappa shape index (κ3) is 3.03. The summed E-state index contributed by atoms with van der Waals surface area (Å²) in [5.41, 5.74) is 7.62. The Balaban J connectivity index is 1.91. The Kier molecular flexibility index (Phi) is 3.83. The highest BCUT2D eigenvalue weighted by atomic mass is 32.1. The molecule has 2 aromatic carbocycles. The first kappa shape index (κ1) is 13.6. The Bertz CT molecular complexity index is 768. The van der Waals surface area contributed by atoms with Crippen molar-refractivity contribution in [2.45, 2.75) is 13.2 Å². The molecule has 106 valence electrons. The number of imidazole rings is 1. The van der Waals surface area contributed by atoms with E-state index in [1.807, 2.05) is 59.2 Å². The SMILES string of the molecule is NC(=S)Cn1c(COc2ccccc2)nc2ccccc21. The number of hydrogen-bond acceptors (Lipinski definition) is 3. The van der Waals surface area contributed by atoms with Crippen molar-refractivity contribution in [3.05, 3.63) is 60.4 Å². The lowest BCUT2D eigenvalue weighted by molar-refractivity contribution is 0.292. The summed E-state index contributed by atoms with van der Waals surface area (Å²) in [6.45, 7) is 0.838. The Morgan fingerprint density at radius 1 is 1.10 bits per heavy atom. The molecule has 0 amide bonds. The van der Waals surface area contributed by atoms with Crippen molar-refractivity contribution in [3.8, 4) is 5.75 Å².